The van der Waals surface area contributed by atoms with E-state index in [1.54, 1.807) is 13.0 Å². The summed E-state index contributed by atoms with van der Waals surface area (Å²) in [6.45, 7) is 1.36. The molecule has 7 heteroatoms. The summed E-state index contributed by atoms with van der Waals surface area (Å²) in [6, 6.07) is 4.36. The van der Waals surface area contributed by atoms with E-state index >= 15 is 0 Å². The summed E-state index contributed by atoms with van der Waals surface area (Å²) in [5.41, 5.74) is 6.78. The van der Waals surface area contributed by atoms with Crippen LogP contribution in [0.25, 0.3) is 0 Å². The second-order valence-corrected chi connectivity index (χ2v) is 5.19. The number of anilines is 1. The minimum atomic E-state index is -3.74. The van der Waals surface area contributed by atoms with Gasteiger partial charge in [-0.2, -0.15) is 4.72 Å². The van der Waals surface area contributed by atoms with Gasteiger partial charge in [-0.05, 0) is 24.6 Å². The van der Waals surface area contributed by atoms with Gasteiger partial charge in [-0.1, -0.05) is 6.07 Å². The molecule has 0 atom stereocenters. The van der Waals surface area contributed by atoms with E-state index in [9.17, 15) is 13.2 Å². The van der Waals surface area contributed by atoms with E-state index in [2.05, 4.69) is 9.46 Å². The van der Waals surface area contributed by atoms with Gasteiger partial charge >= 0.3 is 5.97 Å². The van der Waals surface area contributed by atoms with Crippen molar-refractivity contribution in [1.29, 1.82) is 0 Å². The molecule has 6 nitrogen and oxygen atoms in total. The zero-order valence-electron chi connectivity index (χ0n) is 9.56. The van der Waals surface area contributed by atoms with Crippen LogP contribution in [0.2, 0.25) is 0 Å². The molecule has 0 unspecified atom stereocenters. The Morgan fingerprint density at radius 1 is 1.47 bits per heavy atom. The molecule has 0 heterocycles. The SMILES string of the molecule is COC(=O)CNS(=O)(=O)c1ccc(C)c(N)c1. The number of hydrogen-bond acceptors (Lipinski definition) is 5. The lowest BCUT2D eigenvalue weighted by Gasteiger charge is -2.07. The van der Waals surface area contributed by atoms with Gasteiger partial charge in [-0.15, -0.1) is 0 Å². The molecule has 0 aliphatic heterocycles. The smallest absolute Gasteiger partial charge is 0.320 e. The number of nitrogens with two attached hydrogens (primary N) is 1. The normalized spacial score (nSPS) is 11.2. The van der Waals surface area contributed by atoms with Crippen LogP contribution in [0.5, 0.6) is 0 Å². The van der Waals surface area contributed by atoms with Crippen molar-refractivity contribution in [1.82, 2.24) is 4.72 Å². The first-order chi connectivity index (χ1) is 7.86. The molecule has 1 aromatic carbocycles. The summed E-state index contributed by atoms with van der Waals surface area (Å²) in [5, 5.41) is 0. The fourth-order valence-corrected chi connectivity index (χ4v) is 2.10. The highest BCUT2D eigenvalue weighted by Crippen LogP contribution is 2.16. The number of rotatable bonds is 4. The summed E-state index contributed by atoms with van der Waals surface area (Å²) in [4.78, 5) is 10.9. The second-order valence-electron chi connectivity index (χ2n) is 3.42. The molecule has 0 aliphatic rings. The van der Waals surface area contributed by atoms with Gasteiger partial charge in [0.1, 0.15) is 6.54 Å². The largest absolute Gasteiger partial charge is 0.468 e. The maximum atomic E-state index is 11.7. The van der Waals surface area contributed by atoms with Crippen LogP contribution in [0.15, 0.2) is 23.1 Å². The third kappa shape index (κ3) is 3.43. The van der Waals surface area contributed by atoms with Gasteiger partial charge in [0.05, 0.1) is 12.0 Å². The van der Waals surface area contributed by atoms with Gasteiger partial charge in [-0.25, -0.2) is 8.42 Å². The Morgan fingerprint density at radius 3 is 2.65 bits per heavy atom. The standard InChI is InChI=1S/C10H14N2O4S/c1-7-3-4-8(5-9(7)11)17(14,15)12-6-10(13)16-2/h3-5,12H,6,11H2,1-2H3. The first-order valence-electron chi connectivity index (χ1n) is 4.79. The van der Waals surface area contributed by atoms with Crippen LogP contribution in [0.4, 0.5) is 5.69 Å². The molecular formula is C10H14N2O4S. The number of benzene rings is 1. The molecule has 0 aromatic heterocycles. The molecule has 0 bridgehead atoms. The van der Waals surface area contributed by atoms with Crippen LogP contribution in [0.1, 0.15) is 5.56 Å². The van der Waals surface area contributed by atoms with Crippen molar-refractivity contribution in [3.63, 3.8) is 0 Å². The fraction of sp³-hybridized carbons (Fsp3) is 0.300. The van der Waals surface area contributed by atoms with Crippen molar-refractivity contribution in [2.24, 2.45) is 0 Å². The molecule has 3 N–H and O–H groups in total. The molecule has 1 aromatic rings. The van der Waals surface area contributed by atoms with Crippen molar-refractivity contribution in [3.05, 3.63) is 23.8 Å². The number of carbonyl (C=O) groups excluding carboxylic acids is 1. The van der Waals surface area contributed by atoms with Gasteiger partial charge in [0.15, 0.2) is 0 Å². The highest BCUT2D eigenvalue weighted by Gasteiger charge is 2.16. The maximum Gasteiger partial charge on any atom is 0.320 e. The second kappa shape index (κ2) is 5.15. The van der Waals surface area contributed by atoms with Crippen LogP contribution in [-0.4, -0.2) is 28.0 Å². The van der Waals surface area contributed by atoms with Gasteiger partial charge in [0.25, 0.3) is 0 Å². The predicted octanol–water partition coefficient (Wildman–Crippen LogP) is 0.0285. The summed E-state index contributed by atoms with van der Waals surface area (Å²) < 4.78 is 29.9. The molecule has 0 saturated heterocycles. The number of sulfonamides is 1. The van der Waals surface area contributed by atoms with E-state index in [0.29, 0.717) is 5.69 Å². The summed E-state index contributed by atoms with van der Waals surface area (Å²) in [5.74, 6) is -0.659. The molecule has 94 valence electrons. The third-order valence-electron chi connectivity index (χ3n) is 2.20. The van der Waals surface area contributed by atoms with Gasteiger partial charge in [0.2, 0.25) is 10.0 Å². The minimum absolute atomic E-state index is 0.0181. The van der Waals surface area contributed by atoms with E-state index in [-0.39, 0.29) is 4.90 Å². The Morgan fingerprint density at radius 2 is 2.12 bits per heavy atom. The Hall–Kier alpha value is -1.60. The summed E-state index contributed by atoms with van der Waals surface area (Å²) >= 11 is 0. The van der Waals surface area contributed by atoms with Crippen LogP contribution in [-0.2, 0) is 19.6 Å². The highest BCUT2D eigenvalue weighted by atomic mass is 32.2. The van der Waals surface area contributed by atoms with Crippen LogP contribution < -0.4 is 10.5 Å². The van der Waals surface area contributed by atoms with E-state index < -0.39 is 22.5 Å². The number of hydrogen-bond donors (Lipinski definition) is 2. The quantitative estimate of drug-likeness (QED) is 0.586. The molecule has 1 rings (SSSR count). The molecule has 17 heavy (non-hydrogen) atoms. The number of carbonyl (C=O) groups is 1. The number of aryl methyl sites for hydroxylation is 1. The zero-order chi connectivity index (χ0) is 13.1. The Balaban J connectivity index is 2.90. The maximum absolute atomic E-state index is 11.7. The lowest BCUT2D eigenvalue weighted by Crippen LogP contribution is -2.30. The van der Waals surface area contributed by atoms with Crippen LogP contribution >= 0.6 is 0 Å². The summed E-state index contributed by atoms with van der Waals surface area (Å²) in [6.07, 6.45) is 0. The van der Waals surface area contributed by atoms with Gasteiger partial charge in [0, 0.05) is 5.69 Å². The van der Waals surface area contributed by atoms with Crippen molar-refractivity contribution in [2.75, 3.05) is 19.4 Å². The molecular weight excluding hydrogens is 244 g/mol. The molecule has 0 fully saturated rings. The average Bonchev–Trinajstić information content (AvgIpc) is 2.29. The van der Waals surface area contributed by atoms with E-state index in [1.807, 2.05) is 0 Å². The summed E-state index contributed by atoms with van der Waals surface area (Å²) in [7, 11) is -2.55. The molecule has 0 saturated carbocycles. The van der Waals surface area contributed by atoms with E-state index in [0.717, 1.165) is 5.56 Å². The van der Waals surface area contributed by atoms with E-state index in [1.165, 1.54) is 19.2 Å². The third-order valence-corrected chi connectivity index (χ3v) is 3.59. The van der Waals surface area contributed by atoms with Crippen molar-refractivity contribution in [3.8, 4) is 0 Å². The number of nitrogens with one attached hydrogen (secondary N) is 1. The molecule has 0 amide bonds. The number of ether oxygens (including phenoxy) is 1. The molecule has 0 aliphatic carbocycles. The van der Waals surface area contributed by atoms with Crippen molar-refractivity contribution >= 4 is 21.7 Å². The number of esters is 1. The lowest BCUT2D eigenvalue weighted by atomic mass is 10.2. The topological polar surface area (TPSA) is 98.5 Å². The van der Waals surface area contributed by atoms with Gasteiger partial charge in [-0.3, -0.25) is 4.79 Å². The highest BCUT2D eigenvalue weighted by molar-refractivity contribution is 7.89. The van der Waals surface area contributed by atoms with Crippen LogP contribution in [0, 0.1) is 6.92 Å². The Labute approximate surface area is 99.8 Å². The average molecular weight is 258 g/mol. The van der Waals surface area contributed by atoms with E-state index in [4.69, 9.17) is 5.73 Å². The van der Waals surface area contributed by atoms with Crippen molar-refractivity contribution < 1.29 is 17.9 Å². The number of nitrogen functional groups attached to an aromatic ring is 1. The Kier molecular flexibility index (Phi) is 4.08. The zero-order valence-corrected chi connectivity index (χ0v) is 10.4. The molecule has 0 radical (unpaired) electrons. The predicted molar refractivity (Wildman–Crippen MR) is 62.8 cm³/mol. The van der Waals surface area contributed by atoms with Crippen LogP contribution in [0.3, 0.4) is 0 Å². The first-order valence-corrected chi connectivity index (χ1v) is 6.28. The Bertz CT molecular complexity index is 525. The first kappa shape index (κ1) is 13.5. The minimum Gasteiger partial charge on any atom is -0.468 e. The monoisotopic (exact) mass is 258 g/mol. The number of methoxy groups -OCH3 is 1. The van der Waals surface area contributed by atoms with Gasteiger partial charge < -0.3 is 10.5 Å². The fourth-order valence-electron chi connectivity index (χ4n) is 1.10. The lowest BCUT2D eigenvalue weighted by molar-refractivity contribution is -0.139. The van der Waals surface area contributed by atoms with Crippen molar-refractivity contribution in [2.45, 2.75) is 11.8 Å². The molecule has 0 spiro atoms.